The summed E-state index contributed by atoms with van der Waals surface area (Å²) >= 11 is 0. The highest BCUT2D eigenvalue weighted by molar-refractivity contribution is 7.89. The predicted molar refractivity (Wildman–Crippen MR) is 77.5 cm³/mol. The van der Waals surface area contributed by atoms with Gasteiger partial charge in [-0.05, 0) is 24.6 Å². The molecule has 0 spiro atoms. The maximum Gasteiger partial charge on any atom is 0.238 e. The van der Waals surface area contributed by atoms with Crippen molar-refractivity contribution in [3.05, 3.63) is 29.8 Å². The van der Waals surface area contributed by atoms with Gasteiger partial charge >= 0.3 is 0 Å². The van der Waals surface area contributed by atoms with E-state index in [0.717, 1.165) is 5.56 Å². The van der Waals surface area contributed by atoms with E-state index in [-0.39, 0.29) is 16.8 Å². The van der Waals surface area contributed by atoms with Gasteiger partial charge in [-0.15, -0.1) is 0 Å². The Labute approximate surface area is 120 Å². The molecule has 0 fully saturated rings. The number of nitrogens with two attached hydrogens (primary N) is 1. The molecule has 7 heteroatoms. The first-order valence-corrected chi connectivity index (χ1v) is 7.82. The quantitative estimate of drug-likeness (QED) is 0.798. The van der Waals surface area contributed by atoms with Crippen molar-refractivity contribution in [1.82, 2.24) is 10.2 Å². The van der Waals surface area contributed by atoms with Gasteiger partial charge in [0, 0.05) is 33.1 Å². The van der Waals surface area contributed by atoms with Crippen LogP contribution in [0.3, 0.4) is 0 Å². The number of benzene rings is 1. The second kappa shape index (κ2) is 6.83. The molecule has 1 aromatic carbocycles. The third kappa shape index (κ3) is 4.92. The van der Waals surface area contributed by atoms with E-state index in [0.29, 0.717) is 13.0 Å². The van der Waals surface area contributed by atoms with E-state index < -0.39 is 10.0 Å². The van der Waals surface area contributed by atoms with Crippen molar-refractivity contribution < 1.29 is 13.2 Å². The van der Waals surface area contributed by atoms with Gasteiger partial charge in [-0.25, -0.2) is 13.6 Å². The minimum absolute atomic E-state index is 0.0444. The van der Waals surface area contributed by atoms with Gasteiger partial charge in [0.2, 0.25) is 15.9 Å². The maximum atomic E-state index is 11.4. The zero-order valence-electron chi connectivity index (χ0n) is 12.0. The number of hydrogen-bond acceptors (Lipinski definition) is 4. The fraction of sp³-hybridized carbons (Fsp3) is 0.462. The Bertz CT molecular complexity index is 570. The molecular weight excluding hydrogens is 278 g/mol. The summed E-state index contributed by atoms with van der Waals surface area (Å²) in [5.74, 6) is 0.0444. The summed E-state index contributed by atoms with van der Waals surface area (Å²) in [5.41, 5.74) is 0.814. The first-order chi connectivity index (χ1) is 9.21. The second-order valence-corrected chi connectivity index (χ2v) is 6.39. The fourth-order valence-corrected chi connectivity index (χ4v) is 2.27. The van der Waals surface area contributed by atoms with Gasteiger partial charge in [-0.1, -0.05) is 12.1 Å². The molecule has 112 valence electrons. The molecule has 1 aromatic rings. The van der Waals surface area contributed by atoms with E-state index in [9.17, 15) is 13.2 Å². The first kappa shape index (κ1) is 16.6. The number of rotatable bonds is 6. The summed E-state index contributed by atoms with van der Waals surface area (Å²) in [6, 6.07) is 6.41. The SMILES string of the molecule is CC(NCCC(=O)N(C)C)c1cccc(S(N)(=O)=O)c1. The van der Waals surface area contributed by atoms with Crippen LogP contribution in [-0.2, 0) is 14.8 Å². The summed E-state index contributed by atoms with van der Waals surface area (Å²) in [6.07, 6.45) is 0.395. The Morgan fingerprint density at radius 1 is 1.40 bits per heavy atom. The van der Waals surface area contributed by atoms with Crippen molar-refractivity contribution in [3.63, 3.8) is 0 Å². The van der Waals surface area contributed by atoms with Gasteiger partial charge in [-0.2, -0.15) is 0 Å². The molecule has 1 atom stereocenters. The van der Waals surface area contributed by atoms with Crippen molar-refractivity contribution in [2.24, 2.45) is 5.14 Å². The number of nitrogens with zero attached hydrogens (tertiary/aromatic N) is 1. The molecule has 20 heavy (non-hydrogen) atoms. The molecule has 0 heterocycles. The largest absolute Gasteiger partial charge is 0.349 e. The average Bonchev–Trinajstić information content (AvgIpc) is 2.37. The lowest BCUT2D eigenvalue weighted by Crippen LogP contribution is -2.28. The Balaban J connectivity index is 2.64. The van der Waals surface area contributed by atoms with Crippen molar-refractivity contribution in [2.75, 3.05) is 20.6 Å². The molecule has 3 N–H and O–H groups in total. The minimum Gasteiger partial charge on any atom is -0.349 e. The molecular formula is C13H21N3O3S. The lowest BCUT2D eigenvalue weighted by atomic mass is 10.1. The zero-order chi connectivity index (χ0) is 15.3. The number of nitrogens with one attached hydrogen (secondary N) is 1. The molecule has 1 rings (SSSR count). The molecule has 0 saturated carbocycles. The van der Waals surface area contributed by atoms with E-state index in [1.165, 1.54) is 11.0 Å². The molecule has 0 bridgehead atoms. The van der Waals surface area contributed by atoms with Gasteiger partial charge in [-0.3, -0.25) is 4.79 Å². The van der Waals surface area contributed by atoms with Crippen molar-refractivity contribution in [2.45, 2.75) is 24.3 Å². The van der Waals surface area contributed by atoms with Crippen LogP contribution in [0.15, 0.2) is 29.2 Å². The lowest BCUT2D eigenvalue weighted by Gasteiger charge is -2.16. The molecule has 0 aliphatic heterocycles. The Morgan fingerprint density at radius 2 is 2.05 bits per heavy atom. The van der Waals surface area contributed by atoms with E-state index >= 15 is 0 Å². The molecule has 1 amide bonds. The van der Waals surface area contributed by atoms with Crippen LogP contribution in [0.1, 0.15) is 24.9 Å². The van der Waals surface area contributed by atoms with Crippen LogP contribution in [0.4, 0.5) is 0 Å². The lowest BCUT2D eigenvalue weighted by molar-refractivity contribution is -0.128. The molecule has 0 aromatic heterocycles. The summed E-state index contributed by atoms with van der Waals surface area (Å²) < 4.78 is 22.6. The van der Waals surface area contributed by atoms with Crippen molar-refractivity contribution >= 4 is 15.9 Å². The maximum absolute atomic E-state index is 11.4. The second-order valence-electron chi connectivity index (χ2n) is 4.83. The fourth-order valence-electron chi connectivity index (χ4n) is 1.70. The summed E-state index contributed by atoms with van der Waals surface area (Å²) in [7, 11) is -0.273. The number of carbonyl (C=O) groups excluding carboxylic acids is 1. The molecule has 0 aliphatic rings. The monoisotopic (exact) mass is 299 g/mol. The van der Waals surface area contributed by atoms with Crippen LogP contribution in [0.2, 0.25) is 0 Å². The summed E-state index contributed by atoms with van der Waals surface area (Å²) in [5, 5.41) is 8.28. The highest BCUT2D eigenvalue weighted by Gasteiger charge is 2.12. The standard InChI is InChI=1S/C13H21N3O3S/c1-10(15-8-7-13(17)16(2)3)11-5-4-6-12(9-11)20(14,18)19/h4-6,9-10,15H,7-8H2,1-3H3,(H2,14,18,19). The Morgan fingerprint density at radius 3 is 2.60 bits per heavy atom. The third-order valence-corrected chi connectivity index (χ3v) is 3.89. The van der Waals surface area contributed by atoms with Crippen molar-refractivity contribution in [1.29, 1.82) is 0 Å². The Hall–Kier alpha value is -1.44. The molecule has 1 unspecified atom stereocenters. The predicted octanol–water partition coefficient (Wildman–Crippen LogP) is 0.463. The average molecular weight is 299 g/mol. The highest BCUT2D eigenvalue weighted by Crippen LogP contribution is 2.16. The molecule has 0 saturated heterocycles. The summed E-state index contributed by atoms with van der Waals surface area (Å²) in [6.45, 7) is 2.43. The van der Waals surface area contributed by atoms with E-state index in [1.807, 2.05) is 13.0 Å². The van der Waals surface area contributed by atoms with Crippen LogP contribution < -0.4 is 10.5 Å². The Kier molecular flexibility index (Phi) is 5.67. The van der Waals surface area contributed by atoms with Gasteiger partial charge in [0.15, 0.2) is 0 Å². The number of hydrogen-bond donors (Lipinski definition) is 2. The number of amides is 1. The minimum atomic E-state index is -3.69. The van der Waals surface area contributed by atoms with Crippen LogP contribution >= 0.6 is 0 Å². The molecule has 6 nitrogen and oxygen atoms in total. The number of sulfonamides is 1. The molecule has 0 radical (unpaired) electrons. The molecule has 0 aliphatic carbocycles. The summed E-state index contributed by atoms with van der Waals surface area (Å²) in [4.78, 5) is 13.1. The zero-order valence-corrected chi connectivity index (χ0v) is 12.8. The van der Waals surface area contributed by atoms with Crippen LogP contribution in [0.25, 0.3) is 0 Å². The third-order valence-electron chi connectivity index (χ3n) is 2.97. The van der Waals surface area contributed by atoms with Crippen LogP contribution in [-0.4, -0.2) is 39.9 Å². The smallest absolute Gasteiger partial charge is 0.238 e. The van der Waals surface area contributed by atoms with Gasteiger partial charge in [0.1, 0.15) is 0 Å². The van der Waals surface area contributed by atoms with Crippen LogP contribution in [0.5, 0.6) is 0 Å². The number of primary sulfonamides is 1. The van der Waals surface area contributed by atoms with Crippen LogP contribution in [0, 0.1) is 0 Å². The van der Waals surface area contributed by atoms with Crippen molar-refractivity contribution in [3.8, 4) is 0 Å². The van der Waals surface area contributed by atoms with Gasteiger partial charge in [0.05, 0.1) is 4.90 Å². The van der Waals surface area contributed by atoms with E-state index in [4.69, 9.17) is 5.14 Å². The topological polar surface area (TPSA) is 92.5 Å². The number of carbonyl (C=O) groups is 1. The normalized spacial score (nSPS) is 13.0. The van der Waals surface area contributed by atoms with Gasteiger partial charge in [0.25, 0.3) is 0 Å². The first-order valence-electron chi connectivity index (χ1n) is 6.28. The van der Waals surface area contributed by atoms with E-state index in [2.05, 4.69) is 5.32 Å². The van der Waals surface area contributed by atoms with E-state index in [1.54, 1.807) is 26.2 Å². The van der Waals surface area contributed by atoms with Gasteiger partial charge < -0.3 is 10.2 Å². The highest BCUT2D eigenvalue weighted by atomic mass is 32.2.